The second-order valence-corrected chi connectivity index (χ2v) is 7.52. The molecule has 0 spiro atoms. The van der Waals surface area contributed by atoms with Crippen LogP contribution in [-0.4, -0.2) is 40.0 Å². The summed E-state index contributed by atoms with van der Waals surface area (Å²) in [6.07, 6.45) is -5.24. The predicted octanol–water partition coefficient (Wildman–Crippen LogP) is 4.80. The van der Waals surface area contributed by atoms with Crippen molar-refractivity contribution in [1.82, 2.24) is 10.1 Å². The molecule has 0 aliphatic rings. The largest absolute Gasteiger partial charge is 0.493 e. The first kappa shape index (κ1) is 24.2. The van der Waals surface area contributed by atoms with Crippen LogP contribution in [0.1, 0.15) is 30.8 Å². The SMILES string of the molecule is CC(C)OC(Cc1ccc(OCCc2noc(-c3ccccc3C(F)(F)F)n2)cc1)C(=O)O. The minimum atomic E-state index is -4.54. The molecule has 10 heteroatoms. The minimum absolute atomic E-state index is 0.174. The minimum Gasteiger partial charge on any atom is -0.493 e. The molecule has 3 rings (SSSR count). The van der Waals surface area contributed by atoms with Crippen molar-refractivity contribution in [2.75, 3.05) is 6.61 Å². The van der Waals surface area contributed by atoms with E-state index in [0.29, 0.717) is 5.75 Å². The number of alkyl halides is 3. The van der Waals surface area contributed by atoms with Crippen molar-refractivity contribution in [2.45, 2.75) is 45.1 Å². The molecule has 1 unspecified atom stereocenters. The number of carboxylic acids is 1. The van der Waals surface area contributed by atoms with Crippen LogP contribution in [0.4, 0.5) is 13.2 Å². The number of benzene rings is 2. The number of carboxylic acid groups (broad SMARTS) is 1. The fraction of sp³-hybridized carbons (Fsp3) is 0.348. The van der Waals surface area contributed by atoms with Crippen LogP contribution >= 0.6 is 0 Å². The van der Waals surface area contributed by atoms with Crippen LogP contribution in [0, 0.1) is 0 Å². The molecule has 0 bridgehead atoms. The van der Waals surface area contributed by atoms with E-state index in [1.807, 2.05) is 0 Å². The molecule has 33 heavy (non-hydrogen) atoms. The van der Waals surface area contributed by atoms with Crippen LogP contribution in [0.25, 0.3) is 11.5 Å². The highest BCUT2D eigenvalue weighted by atomic mass is 19.4. The van der Waals surface area contributed by atoms with E-state index >= 15 is 0 Å². The lowest BCUT2D eigenvalue weighted by Gasteiger charge is -2.16. The molecule has 3 aromatic rings. The second kappa shape index (κ2) is 10.5. The maximum Gasteiger partial charge on any atom is 0.417 e. The monoisotopic (exact) mass is 464 g/mol. The van der Waals surface area contributed by atoms with E-state index in [1.165, 1.54) is 18.2 Å². The fourth-order valence-electron chi connectivity index (χ4n) is 3.10. The first-order valence-electron chi connectivity index (χ1n) is 10.2. The van der Waals surface area contributed by atoms with Gasteiger partial charge >= 0.3 is 12.1 Å². The topological polar surface area (TPSA) is 94.7 Å². The van der Waals surface area contributed by atoms with Crippen LogP contribution in [0.5, 0.6) is 5.75 Å². The average Bonchev–Trinajstić information content (AvgIpc) is 3.22. The summed E-state index contributed by atoms with van der Waals surface area (Å²) in [5, 5.41) is 13.0. The summed E-state index contributed by atoms with van der Waals surface area (Å²) in [5.41, 5.74) is -0.247. The average molecular weight is 464 g/mol. The number of nitrogens with zero attached hydrogens (tertiary/aromatic N) is 2. The van der Waals surface area contributed by atoms with Crippen LogP contribution < -0.4 is 4.74 Å². The van der Waals surface area contributed by atoms with Crippen molar-refractivity contribution in [3.8, 4) is 17.2 Å². The van der Waals surface area contributed by atoms with Gasteiger partial charge in [-0.3, -0.25) is 0 Å². The highest BCUT2D eigenvalue weighted by Crippen LogP contribution is 2.36. The van der Waals surface area contributed by atoms with Gasteiger partial charge in [0.05, 0.1) is 23.8 Å². The summed E-state index contributed by atoms with van der Waals surface area (Å²) in [6.45, 7) is 3.72. The smallest absolute Gasteiger partial charge is 0.417 e. The van der Waals surface area contributed by atoms with E-state index in [2.05, 4.69) is 10.1 Å². The summed E-state index contributed by atoms with van der Waals surface area (Å²) < 4.78 is 55.6. The second-order valence-electron chi connectivity index (χ2n) is 7.52. The van der Waals surface area contributed by atoms with Gasteiger partial charge in [-0.05, 0) is 43.7 Å². The molecule has 2 aromatic carbocycles. The molecule has 1 atom stereocenters. The van der Waals surface area contributed by atoms with E-state index < -0.39 is 23.8 Å². The van der Waals surface area contributed by atoms with Crippen LogP contribution in [0.2, 0.25) is 0 Å². The number of aromatic nitrogens is 2. The van der Waals surface area contributed by atoms with Crippen molar-refractivity contribution in [2.24, 2.45) is 0 Å². The molecule has 0 radical (unpaired) electrons. The zero-order chi connectivity index (χ0) is 24.0. The Morgan fingerprint density at radius 2 is 1.82 bits per heavy atom. The van der Waals surface area contributed by atoms with Gasteiger partial charge in [-0.1, -0.05) is 29.4 Å². The molecule has 1 aromatic heterocycles. The predicted molar refractivity (Wildman–Crippen MR) is 112 cm³/mol. The van der Waals surface area contributed by atoms with Gasteiger partial charge in [0, 0.05) is 12.8 Å². The highest BCUT2D eigenvalue weighted by Gasteiger charge is 2.34. The summed E-state index contributed by atoms with van der Waals surface area (Å²) in [5.74, 6) is -0.476. The third kappa shape index (κ3) is 6.79. The van der Waals surface area contributed by atoms with E-state index in [-0.39, 0.29) is 42.8 Å². The molecule has 176 valence electrons. The van der Waals surface area contributed by atoms with E-state index in [0.717, 1.165) is 11.6 Å². The number of aliphatic carboxylic acids is 1. The molecular weight excluding hydrogens is 441 g/mol. The number of hydrogen-bond donors (Lipinski definition) is 1. The highest BCUT2D eigenvalue weighted by molar-refractivity contribution is 5.72. The normalized spacial score (nSPS) is 12.7. The van der Waals surface area contributed by atoms with Crippen LogP contribution in [0.15, 0.2) is 53.1 Å². The Balaban J connectivity index is 1.56. The maximum absolute atomic E-state index is 13.2. The lowest BCUT2D eigenvalue weighted by molar-refractivity contribution is -0.153. The van der Waals surface area contributed by atoms with Crippen molar-refractivity contribution in [3.05, 3.63) is 65.5 Å². The summed E-state index contributed by atoms with van der Waals surface area (Å²) in [6, 6.07) is 11.9. The molecule has 1 N–H and O–H groups in total. The van der Waals surface area contributed by atoms with Crippen molar-refractivity contribution >= 4 is 5.97 Å². The number of ether oxygens (including phenoxy) is 2. The summed E-state index contributed by atoms with van der Waals surface area (Å²) in [4.78, 5) is 15.4. The first-order chi connectivity index (χ1) is 15.6. The lowest BCUT2D eigenvalue weighted by Crippen LogP contribution is -2.29. The zero-order valence-electron chi connectivity index (χ0n) is 18.0. The van der Waals surface area contributed by atoms with Gasteiger partial charge in [-0.2, -0.15) is 18.2 Å². The third-order valence-electron chi connectivity index (χ3n) is 4.58. The Kier molecular flexibility index (Phi) is 7.70. The fourth-order valence-corrected chi connectivity index (χ4v) is 3.10. The first-order valence-corrected chi connectivity index (χ1v) is 10.2. The molecule has 0 fully saturated rings. The molecule has 7 nitrogen and oxygen atoms in total. The van der Waals surface area contributed by atoms with E-state index in [9.17, 15) is 23.1 Å². The van der Waals surface area contributed by atoms with Crippen molar-refractivity contribution < 1.29 is 37.1 Å². The molecule has 0 saturated carbocycles. The van der Waals surface area contributed by atoms with E-state index in [4.69, 9.17) is 14.0 Å². The number of halogens is 3. The van der Waals surface area contributed by atoms with Gasteiger partial charge in [0.1, 0.15) is 5.75 Å². The Hall–Kier alpha value is -3.40. The van der Waals surface area contributed by atoms with Crippen molar-refractivity contribution in [1.29, 1.82) is 0 Å². The van der Waals surface area contributed by atoms with E-state index in [1.54, 1.807) is 38.1 Å². The molecule has 0 aliphatic heterocycles. The van der Waals surface area contributed by atoms with Crippen LogP contribution in [-0.2, 0) is 28.5 Å². The van der Waals surface area contributed by atoms with Gasteiger partial charge in [0.2, 0.25) is 0 Å². The Morgan fingerprint density at radius 3 is 2.45 bits per heavy atom. The van der Waals surface area contributed by atoms with Gasteiger partial charge in [-0.15, -0.1) is 0 Å². The Bertz CT molecular complexity index is 1060. The maximum atomic E-state index is 13.2. The standard InChI is InChI=1S/C23H23F3N2O5/c1-14(2)32-19(22(29)30)13-15-7-9-16(10-8-15)31-12-11-20-27-21(33-28-20)17-5-3-4-6-18(17)23(24,25)26/h3-10,14,19H,11-13H2,1-2H3,(H,29,30). The summed E-state index contributed by atoms with van der Waals surface area (Å²) in [7, 11) is 0. The summed E-state index contributed by atoms with van der Waals surface area (Å²) >= 11 is 0. The molecule has 0 amide bonds. The van der Waals surface area contributed by atoms with Crippen molar-refractivity contribution in [3.63, 3.8) is 0 Å². The van der Waals surface area contributed by atoms with Gasteiger partial charge in [0.15, 0.2) is 11.9 Å². The molecule has 0 aliphatic carbocycles. The van der Waals surface area contributed by atoms with Gasteiger partial charge < -0.3 is 19.1 Å². The number of hydrogen-bond acceptors (Lipinski definition) is 6. The molecular formula is C23H23F3N2O5. The van der Waals surface area contributed by atoms with Gasteiger partial charge in [-0.25, -0.2) is 4.79 Å². The third-order valence-corrected chi connectivity index (χ3v) is 4.58. The number of carbonyl (C=O) groups is 1. The molecule has 1 heterocycles. The molecule has 0 saturated heterocycles. The lowest BCUT2D eigenvalue weighted by atomic mass is 10.1. The van der Waals surface area contributed by atoms with Crippen LogP contribution in [0.3, 0.4) is 0 Å². The quantitative estimate of drug-likeness (QED) is 0.461. The zero-order valence-corrected chi connectivity index (χ0v) is 18.0. The Labute approximate surface area is 188 Å². The van der Waals surface area contributed by atoms with Gasteiger partial charge in [0.25, 0.3) is 5.89 Å². The Morgan fingerprint density at radius 1 is 1.12 bits per heavy atom. The number of rotatable bonds is 10.